The molecule has 1 aromatic rings. The lowest BCUT2D eigenvalue weighted by molar-refractivity contribution is 0.0272. The van der Waals surface area contributed by atoms with Gasteiger partial charge in [0.1, 0.15) is 0 Å². The van der Waals surface area contributed by atoms with Crippen LogP contribution in [0.2, 0.25) is 0 Å². The molecule has 0 saturated carbocycles. The molecule has 0 amide bonds. The summed E-state index contributed by atoms with van der Waals surface area (Å²) < 4.78 is 16.8. The Morgan fingerprint density at radius 2 is 1.65 bits per heavy atom. The van der Waals surface area contributed by atoms with Crippen LogP contribution >= 0.6 is 15.9 Å². The second kappa shape index (κ2) is 10.2. The van der Waals surface area contributed by atoms with Crippen molar-refractivity contribution in [3.05, 3.63) is 27.7 Å². The molecule has 0 aromatic heterocycles. The molecule has 0 unspecified atom stereocenters. The number of benzene rings is 1. The van der Waals surface area contributed by atoms with Crippen LogP contribution in [0.3, 0.4) is 0 Å². The van der Waals surface area contributed by atoms with Gasteiger partial charge in [0.15, 0.2) is 0 Å². The lowest BCUT2D eigenvalue weighted by atomic mass is 10.1. The highest BCUT2D eigenvalue weighted by Gasteiger charge is 2.03. The maximum atomic E-state index is 5.50. The molecule has 0 aliphatic carbocycles. The third kappa shape index (κ3) is 6.70. The molecule has 20 heavy (non-hydrogen) atoms. The molecule has 5 heteroatoms. The lowest BCUT2D eigenvalue weighted by Gasteiger charge is -2.13. The van der Waals surface area contributed by atoms with Crippen molar-refractivity contribution in [2.24, 2.45) is 0 Å². The zero-order valence-corrected chi connectivity index (χ0v) is 14.1. The van der Waals surface area contributed by atoms with Gasteiger partial charge in [0.05, 0.1) is 38.7 Å². The van der Waals surface area contributed by atoms with Gasteiger partial charge in [-0.25, -0.2) is 0 Å². The van der Waals surface area contributed by atoms with Crippen molar-refractivity contribution in [2.75, 3.05) is 52.0 Å². The molecule has 0 radical (unpaired) electrons. The molecule has 1 N–H and O–H groups in total. The predicted molar refractivity (Wildman–Crippen MR) is 85.6 cm³/mol. The second-order valence-electron chi connectivity index (χ2n) is 4.58. The average molecular weight is 346 g/mol. The standard InChI is InChI=1S/C15H24BrNO3/c1-12-10-13(2)15(14(16)11-12)17-4-5-19-8-9-20-7-6-18-3/h10-11,17H,4-9H2,1-3H3. The summed E-state index contributed by atoms with van der Waals surface area (Å²) in [6.07, 6.45) is 0. The van der Waals surface area contributed by atoms with Gasteiger partial charge in [-0.2, -0.15) is 0 Å². The van der Waals surface area contributed by atoms with Crippen molar-refractivity contribution in [2.45, 2.75) is 13.8 Å². The fourth-order valence-corrected chi connectivity index (χ4v) is 2.67. The van der Waals surface area contributed by atoms with Crippen LogP contribution < -0.4 is 5.32 Å². The van der Waals surface area contributed by atoms with Crippen LogP contribution in [0.4, 0.5) is 5.69 Å². The average Bonchev–Trinajstić information content (AvgIpc) is 2.39. The molecule has 0 heterocycles. The van der Waals surface area contributed by atoms with E-state index in [0.717, 1.165) is 16.7 Å². The normalized spacial score (nSPS) is 10.8. The molecule has 0 aliphatic rings. The maximum Gasteiger partial charge on any atom is 0.0701 e. The summed E-state index contributed by atoms with van der Waals surface area (Å²) in [5.74, 6) is 0. The van der Waals surface area contributed by atoms with Crippen LogP contribution in [0.25, 0.3) is 0 Å². The van der Waals surface area contributed by atoms with Crippen molar-refractivity contribution in [3.63, 3.8) is 0 Å². The van der Waals surface area contributed by atoms with E-state index in [1.807, 2.05) is 0 Å². The number of anilines is 1. The van der Waals surface area contributed by atoms with E-state index >= 15 is 0 Å². The van der Waals surface area contributed by atoms with Gasteiger partial charge >= 0.3 is 0 Å². The number of methoxy groups -OCH3 is 1. The van der Waals surface area contributed by atoms with Gasteiger partial charge in [0.2, 0.25) is 0 Å². The number of rotatable bonds is 10. The third-order valence-electron chi connectivity index (χ3n) is 2.78. The van der Waals surface area contributed by atoms with Crippen molar-refractivity contribution < 1.29 is 14.2 Å². The number of hydrogen-bond acceptors (Lipinski definition) is 4. The molecule has 0 fully saturated rings. The van der Waals surface area contributed by atoms with E-state index < -0.39 is 0 Å². The van der Waals surface area contributed by atoms with Gasteiger partial charge in [0.25, 0.3) is 0 Å². The monoisotopic (exact) mass is 345 g/mol. The molecule has 114 valence electrons. The smallest absolute Gasteiger partial charge is 0.0701 e. The molecule has 1 aromatic carbocycles. The minimum Gasteiger partial charge on any atom is -0.382 e. The van der Waals surface area contributed by atoms with Gasteiger partial charge in [-0.15, -0.1) is 0 Å². The minimum atomic E-state index is 0.608. The quantitative estimate of drug-likeness (QED) is 0.661. The molecule has 0 spiro atoms. The van der Waals surface area contributed by atoms with Crippen molar-refractivity contribution in [3.8, 4) is 0 Å². The predicted octanol–water partition coefficient (Wildman–Crippen LogP) is 3.16. The maximum absolute atomic E-state index is 5.50. The number of aryl methyl sites for hydroxylation is 2. The van der Waals surface area contributed by atoms with Crippen LogP contribution in [0.5, 0.6) is 0 Å². The number of halogens is 1. The number of nitrogens with one attached hydrogen (secondary N) is 1. The number of ether oxygens (including phenoxy) is 3. The van der Waals surface area contributed by atoms with Crippen molar-refractivity contribution in [1.82, 2.24) is 0 Å². The van der Waals surface area contributed by atoms with Crippen LogP contribution in [0.1, 0.15) is 11.1 Å². The first-order valence-electron chi connectivity index (χ1n) is 6.80. The first-order chi connectivity index (χ1) is 9.65. The molecule has 0 bridgehead atoms. The summed E-state index contributed by atoms with van der Waals surface area (Å²) in [4.78, 5) is 0. The second-order valence-corrected chi connectivity index (χ2v) is 5.44. The topological polar surface area (TPSA) is 39.7 Å². The summed E-state index contributed by atoms with van der Waals surface area (Å²) in [6, 6.07) is 4.28. The Morgan fingerprint density at radius 3 is 2.30 bits per heavy atom. The van der Waals surface area contributed by atoms with Gasteiger partial charge < -0.3 is 19.5 Å². The van der Waals surface area contributed by atoms with Gasteiger partial charge in [-0.1, -0.05) is 6.07 Å². The fraction of sp³-hybridized carbons (Fsp3) is 0.600. The third-order valence-corrected chi connectivity index (χ3v) is 3.41. The highest BCUT2D eigenvalue weighted by molar-refractivity contribution is 9.10. The van der Waals surface area contributed by atoms with E-state index in [2.05, 4.69) is 47.2 Å². The van der Waals surface area contributed by atoms with E-state index in [0.29, 0.717) is 33.0 Å². The Bertz CT molecular complexity index is 376. The highest BCUT2D eigenvalue weighted by atomic mass is 79.9. The number of hydrogen-bond donors (Lipinski definition) is 1. The Morgan fingerprint density at radius 1 is 1.00 bits per heavy atom. The van der Waals surface area contributed by atoms with E-state index in [9.17, 15) is 0 Å². The molecular weight excluding hydrogens is 322 g/mol. The van der Waals surface area contributed by atoms with Crippen LogP contribution in [0.15, 0.2) is 16.6 Å². The molecular formula is C15H24BrNO3. The first kappa shape index (κ1) is 17.4. The van der Waals surface area contributed by atoms with E-state index in [1.54, 1.807) is 7.11 Å². The van der Waals surface area contributed by atoms with Gasteiger partial charge in [-0.3, -0.25) is 0 Å². The Hall–Kier alpha value is -0.620. The zero-order chi connectivity index (χ0) is 14.8. The van der Waals surface area contributed by atoms with Crippen molar-refractivity contribution >= 4 is 21.6 Å². The molecule has 1 rings (SSSR count). The fourth-order valence-electron chi connectivity index (χ4n) is 1.85. The molecule has 0 aliphatic heterocycles. The Labute approximate surface area is 129 Å². The van der Waals surface area contributed by atoms with Gasteiger partial charge in [0, 0.05) is 18.1 Å². The summed E-state index contributed by atoms with van der Waals surface area (Å²) in [5, 5.41) is 3.39. The van der Waals surface area contributed by atoms with E-state index in [-0.39, 0.29) is 0 Å². The molecule has 4 nitrogen and oxygen atoms in total. The van der Waals surface area contributed by atoms with Crippen LogP contribution in [0, 0.1) is 13.8 Å². The summed E-state index contributed by atoms with van der Waals surface area (Å²) in [7, 11) is 1.66. The Kier molecular flexibility index (Phi) is 8.85. The SMILES string of the molecule is COCCOCCOCCNc1c(C)cc(C)cc1Br. The lowest BCUT2D eigenvalue weighted by Crippen LogP contribution is -2.14. The summed E-state index contributed by atoms with van der Waals surface area (Å²) in [5.41, 5.74) is 3.62. The van der Waals surface area contributed by atoms with Crippen LogP contribution in [-0.2, 0) is 14.2 Å². The minimum absolute atomic E-state index is 0.608. The van der Waals surface area contributed by atoms with E-state index in [4.69, 9.17) is 14.2 Å². The first-order valence-corrected chi connectivity index (χ1v) is 7.59. The summed E-state index contributed by atoms with van der Waals surface area (Å²) >= 11 is 3.58. The van der Waals surface area contributed by atoms with Crippen molar-refractivity contribution in [1.29, 1.82) is 0 Å². The molecule has 0 atom stereocenters. The Balaban J connectivity index is 2.13. The molecule has 0 saturated heterocycles. The summed E-state index contributed by atoms with van der Waals surface area (Å²) in [6.45, 7) is 8.10. The zero-order valence-electron chi connectivity index (χ0n) is 12.5. The largest absolute Gasteiger partial charge is 0.382 e. The van der Waals surface area contributed by atoms with Gasteiger partial charge in [-0.05, 0) is 47.0 Å². The van der Waals surface area contributed by atoms with Crippen LogP contribution in [-0.4, -0.2) is 46.7 Å². The highest BCUT2D eigenvalue weighted by Crippen LogP contribution is 2.27. The van der Waals surface area contributed by atoms with E-state index in [1.165, 1.54) is 11.1 Å².